The number of hydrogen-bond acceptors (Lipinski definition) is 4. The summed E-state index contributed by atoms with van der Waals surface area (Å²) in [7, 11) is 0. The maximum atomic E-state index is 5.86. The van der Waals surface area contributed by atoms with Gasteiger partial charge in [-0.05, 0) is 12.5 Å². The molecule has 0 amide bonds. The Balaban J connectivity index is 2.08. The first-order chi connectivity index (χ1) is 7.75. The van der Waals surface area contributed by atoms with E-state index in [2.05, 4.69) is 20.5 Å². The Morgan fingerprint density at radius 3 is 2.69 bits per heavy atom. The fourth-order valence-corrected chi connectivity index (χ4v) is 1.43. The molecule has 2 aromatic rings. The van der Waals surface area contributed by atoms with Crippen molar-refractivity contribution in [3.8, 4) is 0 Å². The molecule has 1 aromatic carbocycles. The van der Waals surface area contributed by atoms with Crippen LogP contribution in [-0.2, 0) is 6.54 Å². The van der Waals surface area contributed by atoms with Crippen LogP contribution in [0.5, 0.6) is 0 Å². The lowest BCUT2D eigenvalue weighted by Gasteiger charge is -2.06. The maximum Gasteiger partial charge on any atom is 0.194 e. The van der Waals surface area contributed by atoms with E-state index in [1.54, 1.807) is 6.92 Å². The van der Waals surface area contributed by atoms with E-state index in [0.29, 0.717) is 23.3 Å². The standard InChI is InChI=1S/C11H11ClN4/c1-8-14-11(10(12)16-15-8)13-7-9-5-3-2-4-6-9/h2-6H,7H2,1H3,(H,13,14,15). The van der Waals surface area contributed by atoms with E-state index in [9.17, 15) is 0 Å². The monoisotopic (exact) mass is 234 g/mol. The van der Waals surface area contributed by atoms with Gasteiger partial charge in [-0.1, -0.05) is 41.9 Å². The van der Waals surface area contributed by atoms with Crippen molar-refractivity contribution >= 4 is 17.4 Å². The minimum Gasteiger partial charge on any atom is -0.363 e. The smallest absolute Gasteiger partial charge is 0.194 e. The molecule has 1 N–H and O–H groups in total. The molecule has 0 radical (unpaired) electrons. The second-order valence-electron chi connectivity index (χ2n) is 3.34. The Bertz CT molecular complexity index is 473. The summed E-state index contributed by atoms with van der Waals surface area (Å²) in [5.41, 5.74) is 1.16. The Kier molecular flexibility index (Phi) is 3.31. The number of rotatable bonds is 3. The van der Waals surface area contributed by atoms with Crippen LogP contribution < -0.4 is 5.32 Å². The van der Waals surface area contributed by atoms with E-state index in [1.165, 1.54) is 0 Å². The lowest BCUT2D eigenvalue weighted by atomic mass is 10.2. The number of halogens is 1. The lowest BCUT2D eigenvalue weighted by Crippen LogP contribution is -2.05. The van der Waals surface area contributed by atoms with Crippen LogP contribution in [0.3, 0.4) is 0 Å². The van der Waals surface area contributed by atoms with Crippen LogP contribution in [0.2, 0.25) is 5.15 Å². The third kappa shape index (κ3) is 2.67. The van der Waals surface area contributed by atoms with Crippen molar-refractivity contribution in [2.75, 3.05) is 5.32 Å². The highest BCUT2D eigenvalue weighted by atomic mass is 35.5. The third-order valence-electron chi connectivity index (χ3n) is 2.05. The molecule has 0 atom stereocenters. The van der Waals surface area contributed by atoms with Gasteiger partial charge in [0, 0.05) is 6.54 Å². The van der Waals surface area contributed by atoms with Crippen molar-refractivity contribution in [1.82, 2.24) is 15.2 Å². The molecule has 1 heterocycles. The number of aromatic nitrogens is 3. The van der Waals surface area contributed by atoms with Gasteiger partial charge < -0.3 is 5.32 Å². The van der Waals surface area contributed by atoms with Crippen LogP contribution in [0.4, 0.5) is 5.82 Å². The quantitative estimate of drug-likeness (QED) is 0.886. The van der Waals surface area contributed by atoms with Crippen LogP contribution >= 0.6 is 11.6 Å². The van der Waals surface area contributed by atoms with Gasteiger partial charge in [0.05, 0.1) is 0 Å². The molecule has 0 aliphatic heterocycles. The average Bonchev–Trinajstić information content (AvgIpc) is 2.32. The van der Waals surface area contributed by atoms with Gasteiger partial charge >= 0.3 is 0 Å². The highest BCUT2D eigenvalue weighted by Gasteiger charge is 2.03. The molecule has 82 valence electrons. The number of hydrogen-bond donors (Lipinski definition) is 1. The first-order valence-electron chi connectivity index (χ1n) is 4.90. The van der Waals surface area contributed by atoms with E-state index in [4.69, 9.17) is 11.6 Å². The topological polar surface area (TPSA) is 50.7 Å². The first kappa shape index (κ1) is 10.8. The molecule has 0 spiro atoms. The Labute approximate surface area is 98.7 Å². The van der Waals surface area contributed by atoms with Gasteiger partial charge in [0.1, 0.15) is 5.82 Å². The van der Waals surface area contributed by atoms with Gasteiger partial charge in [0.25, 0.3) is 0 Å². The van der Waals surface area contributed by atoms with Crippen molar-refractivity contribution in [2.24, 2.45) is 0 Å². The normalized spacial score (nSPS) is 10.1. The largest absolute Gasteiger partial charge is 0.363 e. The molecule has 0 saturated heterocycles. The predicted octanol–water partition coefficient (Wildman–Crippen LogP) is 2.45. The average molecular weight is 235 g/mol. The molecule has 16 heavy (non-hydrogen) atoms. The molecule has 4 nitrogen and oxygen atoms in total. The molecule has 2 rings (SSSR count). The van der Waals surface area contributed by atoms with Crippen molar-refractivity contribution in [3.63, 3.8) is 0 Å². The van der Waals surface area contributed by atoms with Crippen LogP contribution in [0, 0.1) is 6.92 Å². The number of aryl methyl sites for hydroxylation is 1. The van der Waals surface area contributed by atoms with E-state index in [-0.39, 0.29) is 0 Å². The number of benzene rings is 1. The molecule has 1 aromatic heterocycles. The number of nitrogens with zero attached hydrogens (tertiary/aromatic N) is 3. The molecule has 0 aliphatic carbocycles. The summed E-state index contributed by atoms with van der Waals surface area (Å²) in [6, 6.07) is 10.0. The van der Waals surface area contributed by atoms with E-state index in [1.807, 2.05) is 30.3 Å². The molecule has 0 saturated carbocycles. The second kappa shape index (κ2) is 4.90. The van der Waals surface area contributed by atoms with Gasteiger partial charge in [-0.15, -0.1) is 10.2 Å². The molecular formula is C11H11ClN4. The van der Waals surface area contributed by atoms with E-state index < -0.39 is 0 Å². The molecule has 5 heteroatoms. The summed E-state index contributed by atoms with van der Waals surface area (Å²) >= 11 is 5.86. The maximum absolute atomic E-state index is 5.86. The van der Waals surface area contributed by atoms with Gasteiger partial charge in [0.15, 0.2) is 11.0 Å². The van der Waals surface area contributed by atoms with Gasteiger partial charge in [-0.2, -0.15) is 0 Å². The van der Waals surface area contributed by atoms with Crippen LogP contribution in [0.25, 0.3) is 0 Å². The van der Waals surface area contributed by atoms with Gasteiger partial charge in [-0.25, -0.2) is 4.98 Å². The van der Waals surface area contributed by atoms with Crippen molar-refractivity contribution in [2.45, 2.75) is 13.5 Å². The van der Waals surface area contributed by atoms with Gasteiger partial charge in [0.2, 0.25) is 0 Å². The number of nitrogens with one attached hydrogen (secondary N) is 1. The van der Waals surface area contributed by atoms with Crippen molar-refractivity contribution in [3.05, 3.63) is 46.9 Å². The highest BCUT2D eigenvalue weighted by molar-refractivity contribution is 6.31. The predicted molar refractivity (Wildman–Crippen MR) is 63.3 cm³/mol. The zero-order valence-corrected chi connectivity index (χ0v) is 9.57. The summed E-state index contributed by atoms with van der Waals surface area (Å²) in [5.74, 6) is 1.16. The zero-order valence-electron chi connectivity index (χ0n) is 8.81. The summed E-state index contributed by atoms with van der Waals surface area (Å²) in [6.45, 7) is 2.44. The van der Waals surface area contributed by atoms with Crippen LogP contribution in [-0.4, -0.2) is 15.2 Å². The van der Waals surface area contributed by atoms with Crippen LogP contribution in [0.15, 0.2) is 30.3 Å². The third-order valence-corrected chi connectivity index (χ3v) is 2.31. The molecule has 0 aliphatic rings. The Morgan fingerprint density at radius 2 is 1.94 bits per heavy atom. The molecular weight excluding hydrogens is 224 g/mol. The molecule has 0 fully saturated rings. The second-order valence-corrected chi connectivity index (χ2v) is 3.70. The minimum absolute atomic E-state index is 0.293. The van der Waals surface area contributed by atoms with Crippen LogP contribution in [0.1, 0.15) is 11.4 Å². The summed E-state index contributed by atoms with van der Waals surface area (Å²) in [5, 5.41) is 11.0. The molecule has 0 bridgehead atoms. The highest BCUT2D eigenvalue weighted by Crippen LogP contribution is 2.15. The summed E-state index contributed by atoms with van der Waals surface area (Å²) in [6.07, 6.45) is 0. The molecule has 0 unspecified atom stereocenters. The summed E-state index contributed by atoms with van der Waals surface area (Å²) < 4.78 is 0. The fraction of sp³-hybridized carbons (Fsp3) is 0.182. The van der Waals surface area contributed by atoms with E-state index >= 15 is 0 Å². The first-order valence-corrected chi connectivity index (χ1v) is 5.28. The zero-order chi connectivity index (χ0) is 11.4. The van der Waals surface area contributed by atoms with Gasteiger partial charge in [-0.3, -0.25) is 0 Å². The summed E-state index contributed by atoms with van der Waals surface area (Å²) in [4.78, 5) is 4.17. The van der Waals surface area contributed by atoms with E-state index in [0.717, 1.165) is 5.56 Å². The SMILES string of the molecule is Cc1nnc(Cl)c(NCc2ccccc2)n1. The minimum atomic E-state index is 0.293. The Hall–Kier alpha value is -1.68. The van der Waals surface area contributed by atoms with Crippen molar-refractivity contribution < 1.29 is 0 Å². The Morgan fingerprint density at radius 1 is 1.19 bits per heavy atom. The lowest BCUT2D eigenvalue weighted by molar-refractivity contribution is 0.902. The number of anilines is 1. The van der Waals surface area contributed by atoms with Crippen molar-refractivity contribution in [1.29, 1.82) is 0 Å². The fourth-order valence-electron chi connectivity index (χ4n) is 1.29.